The normalized spacial score (nSPS) is 12.3. The van der Waals surface area contributed by atoms with E-state index in [1.807, 2.05) is 115 Å². The molecule has 7 aromatic carbocycles. The average Bonchev–Trinajstić information content (AvgIpc) is 4.16. The molecule has 0 amide bonds. The molecule has 0 aliphatic rings. The number of benzene rings is 7. The molecule has 0 bridgehead atoms. The Morgan fingerprint density at radius 1 is 0.493 bits per heavy atom. The van der Waals surface area contributed by atoms with Crippen LogP contribution in [0, 0.1) is 22.7 Å². The van der Waals surface area contributed by atoms with Gasteiger partial charge in [0, 0.05) is 22.0 Å². The Kier molecular flexibility index (Phi) is 11.9. The molecule has 12 heteroatoms. The summed E-state index contributed by atoms with van der Waals surface area (Å²) in [6, 6.07) is 68.5. The Morgan fingerprint density at radius 3 is 1.26 bits per heavy atom. The van der Waals surface area contributed by atoms with Crippen molar-refractivity contribution < 1.29 is 0 Å². The number of fused-ring (bicyclic) bond motifs is 3. The van der Waals surface area contributed by atoms with Crippen molar-refractivity contribution in [2.75, 3.05) is 0 Å². The smallest absolute Gasteiger partial charge is 0.328 e. The van der Waals surface area contributed by atoms with Gasteiger partial charge >= 0.3 is 13.7 Å². The summed E-state index contributed by atoms with van der Waals surface area (Å²) in [5.41, 5.74) is 8.46. The standard InChI is InChI=1S/C57H38B2Cl2N6S2/c1-36(2)52-50-51(54(42(35-63)57-65-46-31-16-18-33-48(46)69-57)66(52)58(37-20-7-3-8-21-37)38-22-9-4-10-23-38)55(49-43(60)28-19-29-44(49)61)67(59(39-24-11-5-12-25-39)40-26-13-6-14-27-40)53(50)41(34-62)56-64-45-30-15-17-32-47(45)68-56/h3-33,36H,1-2H3/b53-41-,54-42-. The van der Waals surface area contributed by atoms with Gasteiger partial charge in [-0.25, -0.2) is 9.97 Å². The fourth-order valence-electron chi connectivity index (χ4n) is 9.87. The highest BCUT2D eigenvalue weighted by molar-refractivity contribution is 7.20. The van der Waals surface area contributed by atoms with Gasteiger partial charge in [-0.1, -0.05) is 211 Å². The van der Waals surface area contributed by atoms with Gasteiger partial charge in [-0.05, 0) is 42.3 Å². The third-order valence-corrected chi connectivity index (χ3v) is 15.4. The lowest BCUT2D eigenvalue weighted by atomic mass is 9.50. The molecule has 69 heavy (non-hydrogen) atoms. The van der Waals surface area contributed by atoms with E-state index in [0.717, 1.165) is 58.8 Å². The zero-order valence-electron chi connectivity index (χ0n) is 37.4. The van der Waals surface area contributed by atoms with Crippen molar-refractivity contribution in [3.63, 3.8) is 0 Å². The van der Waals surface area contributed by atoms with E-state index in [2.05, 4.69) is 108 Å². The van der Waals surface area contributed by atoms with Crippen LogP contribution in [-0.4, -0.2) is 32.6 Å². The minimum atomic E-state index is -0.539. The minimum Gasteiger partial charge on any atom is -0.378 e. The van der Waals surface area contributed by atoms with Gasteiger partial charge in [0.2, 0.25) is 0 Å². The summed E-state index contributed by atoms with van der Waals surface area (Å²) < 4.78 is 6.52. The van der Waals surface area contributed by atoms with Crippen LogP contribution < -0.4 is 32.5 Å². The van der Waals surface area contributed by atoms with Crippen LogP contribution in [0.5, 0.6) is 0 Å². The molecule has 0 spiro atoms. The van der Waals surface area contributed by atoms with Crippen molar-refractivity contribution in [3.05, 3.63) is 225 Å². The predicted octanol–water partition coefficient (Wildman–Crippen LogP) is 10.5. The second-order valence-corrected chi connectivity index (χ2v) is 19.9. The summed E-state index contributed by atoms with van der Waals surface area (Å²) in [6.07, 6.45) is 0. The van der Waals surface area contributed by atoms with Gasteiger partial charge in [-0.15, -0.1) is 22.7 Å². The van der Waals surface area contributed by atoms with E-state index in [-0.39, 0.29) is 5.92 Å². The molecule has 0 saturated heterocycles. The summed E-state index contributed by atoms with van der Waals surface area (Å²) in [5.74, 6) is -0.183. The Bertz CT molecular complexity index is 3690. The largest absolute Gasteiger partial charge is 0.378 e. The number of hydrogen-bond acceptors (Lipinski definition) is 6. The van der Waals surface area contributed by atoms with Crippen molar-refractivity contribution in [3.8, 4) is 23.4 Å². The van der Waals surface area contributed by atoms with Crippen molar-refractivity contribution in [1.82, 2.24) is 18.9 Å². The SMILES string of the molecule is CC(C)c1c2/c(=C(\C#N)c3nc4ccccc4s3)n(B(c3ccccc3)c3ccccc3)c(-c3c(Cl)cccc3Cl)c2/c(=C(\C#N)c2nc3ccccc3s2)n1B(c1ccccc1)c1ccccc1. The molecule has 328 valence electrons. The van der Waals surface area contributed by atoms with Gasteiger partial charge in [0.1, 0.15) is 33.3 Å². The maximum Gasteiger partial charge on any atom is 0.328 e. The van der Waals surface area contributed by atoms with Crippen LogP contribution in [0.1, 0.15) is 35.5 Å². The predicted molar refractivity (Wildman–Crippen MR) is 291 cm³/mol. The lowest BCUT2D eigenvalue weighted by Crippen LogP contribution is -2.54. The number of nitriles is 2. The molecule has 11 aromatic rings. The first kappa shape index (κ1) is 44.1. The van der Waals surface area contributed by atoms with Crippen LogP contribution in [-0.2, 0) is 0 Å². The number of nitrogens with zero attached hydrogens (tertiary/aromatic N) is 6. The Hall–Kier alpha value is -7.43. The van der Waals surface area contributed by atoms with E-state index in [4.69, 9.17) is 33.2 Å². The third-order valence-electron chi connectivity index (χ3n) is 12.6. The summed E-state index contributed by atoms with van der Waals surface area (Å²) in [4.78, 5) is 10.4. The summed E-state index contributed by atoms with van der Waals surface area (Å²) in [7, 11) is 0. The molecule has 4 aromatic heterocycles. The van der Waals surface area contributed by atoms with Gasteiger partial charge in [0.15, 0.2) is 0 Å². The van der Waals surface area contributed by atoms with Gasteiger partial charge in [0.05, 0.1) is 46.9 Å². The van der Waals surface area contributed by atoms with Crippen molar-refractivity contribution >= 4 is 124 Å². The van der Waals surface area contributed by atoms with Gasteiger partial charge in [-0.3, -0.25) is 0 Å². The number of aromatic nitrogens is 4. The molecule has 4 heterocycles. The maximum atomic E-state index is 12.0. The molecule has 0 fully saturated rings. The van der Waals surface area contributed by atoms with Crippen molar-refractivity contribution in [1.29, 1.82) is 10.5 Å². The molecule has 0 aliphatic carbocycles. The molecule has 6 nitrogen and oxygen atoms in total. The second kappa shape index (κ2) is 18.6. The van der Waals surface area contributed by atoms with Gasteiger partial charge < -0.3 is 8.96 Å². The van der Waals surface area contributed by atoms with Gasteiger partial charge in [-0.2, -0.15) is 10.5 Å². The van der Waals surface area contributed by atoms with Crippen LogP contribution in [0.25, 0.3) is 53.6 Å². The molecule has 0 N–H and O–H groups in total. The molecule has 11 rings (SSSR count). The quantitative estimate of drug-likeness (QED) is 0.128. The van der Waals surface area contributed by atoms with E-state index in [9.17, 15) is 10.5 Å². The second-order valence-electron chi connectivity index (χ2n) is 17.1. The Balaban J connectivity index is 1.51. The zero-order valence-corrected chi connectivity index (χ0v) is 40.5. The lowest BCUT2D eigenvalue weighted by molar-refractivity contribution is 0.810. The first-order valence-corrected chi connectivity index (χ1v) is 25.0. The van der Waals surface area contributed by atoms with Crippen molar-refractivity contribution in [2.24, 2.45) is 0 Å². The number of rotatable bonds is 10. The Labute approximate surface area is 418 Å². The highest BCUT2D eigenvalue weighted by Crippen LogP contribution is 2.41. The minimum absolute atomic E-state index is 0.183. The monoisotopic (exact) mass is 962 g/mol. The van der Waals surface area contributed by atoms with E-state index in [1.165, 1.54) is 22.7 Å². The summed E-state index contributed by atoms with van der Waals surface area (Å²) >= 11 is 18.1. The lowest BCUT2D eigenvalue weighted by Gasteiger charge is -2.25. The molecule has 0 aliphatic heterocycles. The molecular formula is C57H38B2Cl2N6S2. The first-order chi connectivity index (χ1) is 33.9. The summed E-state index contributed by atoms with van der Waals surface area (Å²) in [5, 5.41) is 28.7. The van der Waals surface area contributed by atoms with Crippen LogP contribution in [0.2, 0.25) is 10.0 Å². The van der Waals surface area contributed by atoms with Crippen LogP contribution >= 0.6 is 45.9 Å². The van der Waals surface area contributed by atoms with Crippen LogP contribution in [0.15, 0.2) is 188 Å². The fourth-order valence-corrected chi connectivity index (χ4v) is 12.4. The number of para-hydroxylation sites is 2. The number of thiazole rings is 2. The molecule has 0 saturated carbocycles. The molecule has 0 atom stereocenters. The zero-order chi connectivity index (χ0) is 47.2. The third kappa shape index (κ3) is 7.67. The average molecular weight is 964 g/mol. The van der Waals surface area contributed by atoms with E-state index in [1.54, 1.807) is 0 Å². The van der Waals surface area contributed by atoms with Gasteiger partial charge in [0.25, 0.3) is 0 Å². The highest BCUT2D eigenvalue weighted by Gasteiger charge is 2.38. The van der Waals surface area contributed by atoms with Crippen LogP contribution in [0.3, 0.4) is 0 Å². The molecule has 0 unspecified atom stereocenters. The number of halogens is 2. The van der Waals surface area contributed by atoms with E-state index in [0.29, 0.717) is 53.2 Å². The highest BCUT2D eigenvalue weighted by atomic mass is 35.5. The first-order valence-electron chi connectivity index (χ1n) is 22.6. The molecular weight excluding hydrogens is 925 g/mol. The Morgan fingerprint density at radius 2 is 0.870 bits per heavy atom. The molecule has 0 radical (unpaired) electrons. The topological polar surface area (TPSA) is 83.2 Å². The van der Waals surface area contributed by atoms with E-state index < -0.39 is 13.7 Å². The van der Waals surface area contributed by atoms with Crippen molar-refractivity contribution in [2.45, 2.75) is 19.8 Å². The fraction of sp³-hybridized carbons (Fsp3) is 0.0526. The summed E-state index contributed by atoms with van der Waals surface area (Å²) in [6.45, 7) is 3.38. The van der Waals surface area contributed by atoms with E-state index >= 15 is 0 Å². The van der Waals surface area contributed by atoms with Crippen LogP contribution in [0.4, 0.5) is 0 Å². The maximum absolute atomic E-state index is 12.0. The number of hydrogen-bond donors (Lipinski definition) is 0.